The van der Waals surface area contributed by atoms with Gasteiger partial charge in [0.15, 0.2) is 10.9 Å². The Balaban J connectivity index is 1.21. The summed E-state index contributed by atoms with van der Waals surface area (Å²) in [7, 11) is 1.75. The highest BCUT2D eigenvalue weighted by Gasteiger charge is 2.25. The molecule has 5 rings (SSSR count). The number of Topliss-reactive ketones (excluding diaryl/α,β-unsaturated/α-hetero) is 1. The molecule has 0 amide bonds. The van der Waals surface area contributed by atoms with Gasteiger partial charge in [-0.15, -0.1) is 11.3 Å². The summed E-state index contributed by atoms with van der Waals surface area (Å²) < 4.78 is 11.0. The standard InChI is InChI=1S/C28H33N5O3S/c1-35-14-13-33-11-8-20(9-12-33)16-30-28-32-24(19-37-28)27-26-23(7-10-29-27)25(34)15-22(31-26)18-36-17-21-5-3-2-4-6-21/h2-7,10,19-20H,8-9,11-18H2,1H3,(H,30,32). The number of pyridine rings is 1. The molecular weight excluding hydrogens is 486 g/mol. The van der Waals surface area contributed by atoms with E-state index in [1.54, 1.807) is 30.7 Å². The molecule has 8 nitrogen and oxygen atoms in total. The maximum absolute atomic E-state index is 12.9. The molecule has 0 spiro atoms. The Morgan fingerprint density at radius 2 is 1.97 bits per heavy atom. The maximum atomic E-state index is 12.9. The number of piperidine rings is 1. The van der Waals surface area contributed by atoms with Gasteiger partial charge < -0.3 is 19.7 Å². The smallest absolute Gasteiger partial charge is 0.183 e. The third kappa shape index (κ3) is 6.67. The Morgan fingerprint density at radius 1 is 1.14 bits per heavy atom. The summed E-state index contributed by atoms with van der Waals surface area (Å²) in [5, 5.41) is 6.37. The van der Waals surface area contributed by atoms with Gasteiger partial charge in [0, 0.05) is 37.3 Å². The number of ether oxygens (including phenoxy) is 2. The van der Waals surface area contributed by atoms with Crippen molar-refractivity contribution < 1.29 is 14.3 Å². The third-order valence-corrected chi connectivity index (χ3v) is 7.65. The number of methoxy groups -OCH3 is 1. The summed E-state index contributed by atoms with van der Waals surface area (Å²) in [6, 6.07) is 11.7. The van der Waals surface area contributed by atoms with Crippen LogP contribution in [0.3, 0.4) is 0 Å². The summed E-state index contributed by atoms with van der Waals surface area (Å²) >= 11 is 1.56. The van der Waals surface area contributed by atoms with Crippen molar-refractivity contribution in [2.24, 2.45) is 10.9 Å². The lowest BCUT2D eigenvalue weighted by molar-refractivity contribution is 0.0993. The van der Waals surface area contributed by atoms with Crippen molar-refractivity contribution in [2.75, 3.05) is 51.8 Å². The van der Waals surface area contributed by atoms with Crippen LogP contribution in [0, 0.1) is 5.92 Å². The van der Waals surface area contributed by atoms with E-state index in [1.165, 1.54) is 12.8 Å². The molecule has 2 aliphatic heterocycles. The van der Waals surface area contributed by atoms with Crippen LogP contribution in [0.4, 0.5) is 10.8 Å². The number of anilines is 1. The number of fused-ring (bicyclic) bond motifs is 1. The molecule has 37 heavy (non-hydrogen) atoms. The van der Waals surface area contributed by atoms with Crippen LogP contribution in [0.2, 0.25) is 0 Å². The van der Waals surface area contributed by atoms with Gasteiger partial charge in [0.05, 0.1) is 32.0 Å². The van der Waals surface area contributed by atoms with Crippen LogP contribution in [0.1, 0.15) is 35.2 Å². The summed E-state index contributed by atoms with van der Waals surface area (Å²) in [5.74, 6) is 0.673. The van der Waals surface area contributed by atoms with Crippen LogP contribution in [0.25, 0.3) is 11.4 Å². The van der Waals surface area contributed by atoms with Crippen LogP contribution in [0.5, 0.6) is 0 Å². The molecule has 2 aromatic heterocycles. The molecule has 0 atom stereocenters. The van der Waals surface area contributed by atoms with Crippen LogP contribution < -0.4 is 5.32 Å². The van der Waals surface area contributed by atoms with E-state index in [-0.39, 0.29) is 12.2 Å². The molecule has 1 aromatic carbocycles. The molecule has 0 unspecified atom stereocenters. The molecular formula is C28H33N5O3S. The predicted octanol–water partition coefficient (Wildman–Crippen LogP) is 4.85. The largest absolute Gasteiger partial charge is 0.383 e. The highest BCUT2D eigenvalue weighted by Crippen LogP contribution is 2.36. The number of nitrogens with one attached hydrogen (secondary N) is 1. The first-order chi connectivity index (χ1) is 18.2. The molecule has 0 bridgehead atoms. The van der Waals surface area contributed by atoms with Gasteiger partial charge in [0.25, 0.3) is 0 Å². The van der Waals surface area contributed by atoms with Gasteiger partial charge in [0.2, 0.25) is 0 Å². The van der Waals surface area contributed by atoms with Crippen molar-refractivity contribution in [3.05, 3.63) is 59.1 Å². The molecule has 1 saturated heterocycles. The fourth-order valence-electron chi connectivity index (χ4n) is 4.73. The van der Waals surface area contributed by atoms with Gasteiger partial charge >= 0.3 is 0 Å². The Morgan fingerprint density at radius 3 is 2.78 bits per heavy atom. The number of nitrogens with zero attached hydrogens (tertiary/aromatic N) is 4. The minimum Gasteiger partial charge on any atom is -0.383 e. The average Bonchev–Trinajstić information content (AvgIpc) is 3.40. The van der Waals surface area contributed by atoms with Crippen LogP contribution in [-0.2, 0) is 16.1 Å². The third-order valence-electron chi connectivity index (χ3n) is 6.85. The van der Waals surface area contributed by atoms with Crippen molar-refractivity contribution >= 4 is 33.7 Å². The number of hydrogen-bond acceptors (Lipinski definition) is 9. The lowest BCUT2D eigenvalue weighted by Crippen LogP contribution is -2.37. The fraction of sp³-hybridized carbons (Fsp3) is 0.429. The monoisotopic (exact) mass is 519 g/mol. The lowest BCUT2D eigenvalue weighted by Gasteiger charge is -2.31. The van der Waals surface area contributed by atoms with Crippen LogP contribution in [-0.4, -0.2) is 72.9 Å². The minimum absolute atomic E-state index is 0.0392. The van der Waals surface area contributed by atoms with E-state index in [2.05, 4.69) is 15.2 Å². The number of benzene rings is 1. The second kappa shape index (κ2) is 12.5. The van der Waals surface area contributed by atoms with Crippen LogP contribution in [0.15, 0.2) is 53.0 Å². The van der Waals surface area contributed by atoms with Crippen molar-refractivity contribution in [1.29, 1.82) is 0 Å². The molecule has 3 aromatic rings. The molecule has 9 heteroatoms. The van der Waals surface area contributed by atoms with E-state index in [0.29, 0.717) is 41.8 Å². The highest BCUT2D eigenvalue weighted by atomic mass is 32.1. The van der Waals surface area contributed by atoms with E-state index >= 15 is 0 Å². The number of thiazole rings is 1. The normalized spacial score (nSPS) is 16.5. The summed E-state index contributed by atoms with van der Waals surface area (Å²) in [5.41, 5.74) is 4.38. The highest BCUT2D eigenvalue weighted by molar-refractivity contribution is 7.14. The quantitative estimate of drug-likeness (QED) is 0.387. The zero-order chi connectivity index (χ0) is 25.5. The second-order valence-corrected chi connectivity index (χ2v) is 10.4. The number of hydrogen-bond donors (Lipinski definition) is 1. The van der Waals surface area contributed by atoms with E-state index in [4.69, 9.17) is 19.5 Å². The molecule has 0 radical (unpaired) electrons. The Bertz CT molecular complexity index is 1220. The molecule has 0 aliphatic carbocycles. The van der Waals surface area contributed by atoms with Crippen molar-refractivity contribution in [3.8, 4) is 11.4 Å². The number of rotatable bonds is 11. The van der Waals surface area contributed by atoms with Gasteiger partial charge in [-0.1, -0.05) is 30.3 Å². The molecule has 4 heterocycles. The number of carbonyl (C=O) groups is 1. The van der Waals surface area contributed by atoms with Gasteiger partial charge in [-0.05, 0) is 43.5 Å². The van der Waals surface area contributed by atoms with Gasteiger partial charge in [-0.3, -0.25) is 14.8 Å². The molecule has 2 aliphatic rings. The second-order valence-electron chi connectivity index (χ2n) is 9.51. The Labute approximate surface area is 221 Å². The van der Waals surface area contributed by atoms with Crippen molar-refractivity contribution in [3.63, 3.8) is 0 Å². The molecule has 0 saturated carbocycles. The fourth-order valence-corrected chi connectivity index (χ4v) is 5.44. The topological polar surface area (TPSA) is 88.9 Å². The predicted molar refractivity (Wildman–Crippen MR) is 147 cm³/mol. The van der Waals surface area contributed by atoms with E-state index in [9.17, 15) is 4.79 Å². The van der Waals surface area contributed by atoms with E-state index in [0.717, 1.165) is 49.2 Å². The zero-order valence-corrected chi connectivity index (χ0v) is 22.0. The number of aliphatic imine (C=N–C) groups is 1. The van der Waals surface area contributed by atoms with Crippen molar-refractivity contribution in [1.82, 2.24) is 14.9 Å². The zero-order valence-electron chi connectivity index (χ0n) is 21.2. The first kappa shape index (κ1) is 25.7. The first-order valence-corrected chi connectivity index (χ1v) is 13.7. The van der Waals surface area contributed by atoms with Gasteiger partial charge in [-0.25, -0.2) is 4.98 Å². The van der Waals surface area contributed by atoms with Crippen LogP contribution >= 0.6 is 11.3 Å². The van der Waals surface area contributed by atoms with Gasteiger partial charge in [0.1, 0.15) is 17.1 Å². The number of ketones is 1. The Kier molecular flexibility index (Phi) is 8.68. The average molecular weight is 520 g/mol. The number of carbonyl (C=O) groups excluding carboxylic acids is 1. The molecule has 1 fully saturated rings. The number of likely N-dealkylation sites (tertiary alicyclic amines) is 1. The SMILES string of the molecule is COCCN1CCC(CNc2nc(-c3nccc4c3N=C(COCc3ccccc3)CC4=O)cs2)CC1. The van der Waals surface area contributed by atoms with Crippen molar-refractivity contribution in [2.45, 2.75) is 25.9 Å². The lowest BCUT2D eigenvalue weighted by atomic mass is 9.97. The summed E-state index contributed by atoms with van der Waals surface area (Å²) in [6.45, 7) is 5.72. The maximum Gasteiger partial charge on any atom is 0.183 e. The van der Waals surface area contributed by atoms with E-state index < -0.39 is 0 Å². The summed E-state index contributed by atoms with van der Waals surface area (Å²) in [4.78, 5) is 29.5. The molecule has 194 valence electrons. The number of aromatic nitrogens is 2. The van der Waals surface area contributed by atoms with Gasteiger partial charge in [-0.2, -0.15) is 0 Å². The first-order valence-electron chi connectivity index (χ1n) is 12.8. The summed E-state index contributed by atoms with van der Waals surface area (Å²) in [6.07, 6.45) is 4.28. The Hall–Kier alpha value is -2.98. The minimum atomic E-state index is 0.0392. The van der Waals surface area contributed by atoms with E-state index in [1.807, 2.05) is 35.7 Å². The molecule has 1 N–H and O–H groups in total.